The molecule has 0 radical (unpaired) electrons. The number of methoxy groups -OCH3 is 1. The molecule has 0 saturated heterocycles. The van der Waals surface area contributed by atoms with Crippen LogP contribution in [0.5, 0.6) is 5.75 Å². The van der Waals surface area contributed by atoms with Gasteiger partial charge < -0.3 is 20.1 Å². The highest BCUT2D eigenvalue weighted by molar-refractivity contribution is 5.92. The SMILES string of the molecule is CCOC1CC(NCC(=O)Nc2cccc(OC)c2)C1. The van der Waals surface area contributed by atoms with Crippen LogP contribution in [0.3, 0.4) is 0 Å². The number of anilines is 1. The normalized spacial score (nSPS) is 21.1. The molecule has 2 rings (SSSR count). The van der Waals surface area contributed by atoms with Gasteiger partial charge in [-0.1, -0.05) is 6.07 Å². The number of hydrogen-bond donors (Lipinski definition) is 2. The van der Waals surface area contributed by atoms with Crippen LogP contribution in [0.4, 0.5) is 5.69 Å². The maximum atomic E-state index is 11.8. The van der Waals surface area contributed by atoms with Crippen LogP contribution in [0.25, 0.3) is 0 Å². The van der Waals surface area contributed by atoms with E-state index in [-0.39, 0.29) is 5.91 Å². The fourth-order valence-electron chi connectivity index (χ4n) is 2.25. The summed E-state index contributed by atoms with van der Waals surface area (Å²) in [6.07, 6.45) is 2.33. The Hall–Kier alpha value is -1.59. The lowest BCUT2D eigenvalue weighted by Crippen LogP contribution is -2.47. The van der Waals surface area contributed by atoms with Crippen molar-refractivity contribution in [2.45, 2.75) is 31.9 Å². The van der Waals surface area contributed by atoms with Crippen molar-refractivity contribution < 1.29 is 14.3 Å². The van der Waals surface area contributed by atoms with E-state index in [2.05, 4.69) is 10.6 Å². The molecule has 1 aromatic carbocycles. The third-order valence-electron chi connectivity index (χ3n) is 3.40. The molecule has 5 heteroatoms. The molecule has 5 nitrogen and oxygen atoms in total. The van der Waals surface area contributed by atoms with Crippen LogP contribution in [0.1, 0.15) is 19.8 Å². The van der Waals surface area contributed by atoms with E-state index in [0.29, 0.717) is 18.7 Å². The molecular formula is C15H22N2O3. The lowest BCUT2D eigenvalue weighted by atomic mass is 9.89. The molecule has 2 N–H and O–H groups in total. The maximum Gasteiger partial charge on any atom is 0.238 e. The number of carbonyl (C=O) groups excluding carboxylic acids is 1. The number of benzene rings is 1. The smallest absolute Gasteiger partial charge is 0.238 e. The summed E-state index contributed by atoms with van der Waals surface area (Å²) < 4.78 is 10.6. The van der Waals surface area contributed by atoms with Crippen molar-refractivity contribution in [1.82, 2.24) is 5.32 Å². The number of hydrogen-bond acceptors (Lipinski definition) is 4. The van der Waals surface area contributed by atoms with Crippen LogP contribution in [-0.4, -0.2) is 38.3 Å². The zero-order valence-electron chi connectivity index (χ0n) is 12.0. The second-order valence-electron chi connectivity index (χ2n) is 4.91. The third kappa shape index (κ3) is 4.21. The quantitative estimate of drug-likeness (QED) is 0.798. The molecule has 20 heavy (non-hydrogen) atoms. The number of rotatable bonds is 7. The molecule has 0 unspecified atom stereocenters. The Morgan fingerprint density at radius 1 is 1.40 bits per heavy atom. The highest BCUT2D eigenvalue weighted by Crippen LogP contribution is 2.23. The molecule has 0 aliphatic heterocycles. The predicted molar refractivity (Wildman–Crippen MR) is 78.1 cm³/mol. The van der Waals surface area contributed by atoms with Crippen molar-refractivity contribution >= 4 is 11.6 Å². The Labute approximate surface area is 119 Å². The third-order valence-corrected chi connectivity index (χ3v) is 3.40. The zero-order chi connectivity index (χ0) is 14.4. The minimum atomic E-state index is -0.0434. The summed E-state index contributed by atoms with van der Waals surface area (Å²) in [6, 6.07) is 7.72. The first-order valence-electron chi connectivity index (χ1n) is 7.00. The Balaban J connectivity index is 1.68. The van der Waals surface area contributed by atoms with Crippen LogP contribution in [0.15, 0.2) is 24.3 Å². The lowest BCUT2D eigenvalue weighted by molar-refractivity contribution is -0.116. The van der Waals surface area contributed by atoms with Crippen molar-refractivity contribution in [3.8, 4) is 5.75 Å². The van der Waals surface area contributed by atoms with Gasteiger partial charge in [-0.05, 0) is 31.9 Å². The van der Waals surface area contributed by atoms with E-state index < -0.39 is 0 Å². The van der Waals surface area contributed by atoms with Gasteiger partial charge in [0.15, 0.2) is 0 Å². The fourth-order valence-corrected chi connectivity index (χ4v) is 2.25. The summed E-state index contributed by atoms with van der Waals surface area (Å²) in [7, 11) is 1.61. The molecule has 1 aromatic rings. The standard InChI is InChI=1S/C15H22N2O3/c1-3-20-14-8-12(9-14)16-10-15(18)17-11-5-4-6-13(7-11)19-2/h4-7,12,14,16H,3,8-10H2,1-2H3,(H,17,18). The van der Waals surface area contributed by atoms with Gasteiger partial charge in [0.05, 0.1) is 19.8 Å². The molecular weight excluding hydrogens is 256 g/mol. The van der Waals surface area contributed by atoms with Crippen molar-refractivity contribution in [3.05, 3.63) is 24.3 Å². The first-order chi connectivity index (χ1) is 9.71. The average Bonchev–Trinajstić information content (AvgIpc) is 2.41. The number of carbonyl (C=O) groups is 1. The van der Waals surface area contributed by atoms with E-state index in [1.165, 1.54) is 0 Å². The molecule has 0 bridgehead atoms. The van der Waals surface area contributed by atoms with E-state index >= 15 is 0 Å². The summed E-state index contributed by atoms with van der Waals surface area (Å²) in [5.74, 6) is 0.687. The molecule has 0 spiro atoms. The maximum absolute atomic E-state index is 11.8. The van der Waals surface area contributed by atoms with E-state index in [1.807, 2.05) is 25.1 Å². The molecule has 1 saturated carbocycles. The van der Waals surface area contributed by atoms with Crippen LogP contribution >= 0.6 is 0 Å². The fraction of sp³-hybridized carbons (Fsp3) is 0.533. The first kappa shape index (κ1) is 14.8. The Kier molecular flexibility index (Phi) is 5.38. The number of nitrogens with one attached hydrogen (secondary N) is 2. The van der Waals surface area contributed by atoms with Gasteiger partial charge in [-0.15, -0.1) is 0 Å². The highest BCUT2D eigenvalue weighted by atomic mass is 16.5. The van der Waals surface area contributed by atoms with Crippen molar-refractivity contribution in [2.75, 3.05) is 25.6 Å². The Bertz CT molecular complexity index is 444. The van der Waals surface area contributed by atoms with Crippen LogP contribution in [0, 0.1) is 0 Å². The second kappa shape index (κ2) is 7.26. The predicted octanol–water partition coefficient (Wildman–Crippen LogP) is 1.79. The lowest BCUT2D eigenvalue weighted by Gasteiger charge is -2.35. The Morgan fingerprint density at radius 3 is 2.90 bits per heavy atom. The summed E-state index contributed by atoms with van der Waals surface area (Å²) in [4.78, 5) is 11.8. The van der Waals surface area contributed by atoms with Gasteiger partial charge in [0, 0.05) is 24.4 Å². The van der Waals surface area contributed by atoms with Crippen molar-refractivity contribution in [3.63, 3.8) is 0 Å². The van der Waals surface area contributed by atoms with Gasteiger partial charge in [-0.25, -0.2) is 0 Å². The monoisotopic (exact) mass is 278 g/mol. The minimum Gasteiger partial charge on any atom is -0.497 e. The summed E-state index contributed by atoms with van der Waals surface area (Å²) in [6.45, 7) is 3.08. The van der Waals surface area contributed by atoms with Crippen LogP contribution in [-0.2, 0) is 9.53 Å². The first-order valence-corrected chi connectivity index (χ1v) is 7.00. The van der Waals surface area contributed by atoms with E-state index in [9.17, 15) is 4.79 Å². The van der Waals surface area contributed by atoms with E-state index in [0.717, 1.165) is 30.9 Å². The van der Waals surface area contributed by atoms with Gasteiger partial charge in [0.1, 0.15) is 5.75 Å². The molecule has 1 aliphatic carbocycles. The van der Waals surface area contributed by atoms with Crippen molar-refractivity contribution in [1.29, 1.82) is 0 Å². The molecule has 0 aromatic heterocycles. The largest absolute Gasteiger partial charge is 0.497 e. The van der Waals surface area contributed by atoms with Crippen LogP contribution in [0.2, 0.25) is 0 Å². The molecule has 1 fully saturated rings. The summed E-state index contributed by atoms with van der Waals surface area (Å²) in [5.41, 5.74) is 0.747. The number of amides is 1. The van der Waals surface area contributed by atoms with Crippen LogP contribution < -0.4 is 15.4 Å². The van der Waals surface area contributed by atoms with Crippen molar-refractivity contribution in [2.24, 2.45) is 0 Å². The van der Waals surface area contributed by atoms with Gasteiger partial charge in [-0.3, -0.25) is 4.79 Å². The van der Waals surface area contributed by atoms with E-state index in [1.54, 1.807) is 13.2 Å². The van der Waals surface area contributed by atoms with Gasteiger partial charge in [0.2, 0.25) is 5.91 Å². The molecule has 0 heterocycles. The zero-order valence-corrected chi connectivity index (χ0v) is 12.0. The van der Waals surface area contributed by atoms with E-state index in [4.69, 9.17) is 9.47 Å². The summed E-state index contributed by atoms with van der Waals surface area (Å²) >= 11 is 0. The van der Waals surface area contributed by atoms with Gasteiger partial charge >= 0.3 is 0 Å². The molecule has 0 atom stereocenters. The Morgan fingerprint density at radius 2 is 2.20 bits per heavy atom. The van der Waals surface area contributed by atoms with Gasteiger partial charge in [0.25, 0.3) is 0 Å². The minimum absolute atomic E-state index is 0.0434. The number of ether oxygens (including phenoxy) is 2. The summed E-state index contributed by atoms with van der Waals surface area (Å²) in [5, 5.41) is 6.08. The molecule has 1 amide bonds. The molecule has 110 valence electrons. The topological polar surface area (TPSA) is 59.6 Å². The second-order valence-corrected chi connectivity index (χ2v) is 4.91. The average molecular weight is 278 g/mol. The highest BCUT2D eigenvalue weighted by Gasteiger charge is 2.29. The molecule has 1 aliphatic rings. The van der Waals surface area contributed by atoms with Gasteiger partial charge in [-0.2, -0.15) is 0 Å².